The van der Waals surface area contributed by atoms with Crippen molar-refractivity contribution in [1.29, 1.82) is 0 Å². The molecule has 142 valence electrons. The topological polar surface area (TPSA) is 43.4 Å². The second-order valence-corrected chi connectivity index (χ2v) is 7.23. The Kier molecular flexibility index (Phi) is 6.80. The van der Waals surface area contributed by atoms with Gasteiger partial charge >= 0.3 is 0 Å². The molecule has 0 fully saturated rings. The molecule has 0 radical (unpaired) electrons. The highest BCUT2D eigenvalue weighted by atomic mass is 16.5. The second kappa shape index (κ2) is 9.50. The fourth-order valence-electron chi connectivity index (χ4n) is 3.59. The molecule has 27 heavy (non-hydrogen) atoms. The number of hydrogen-bond acceptors (Lipinski definition) is 3. The minimum absolute atomic E-state index is 0.0881. The van der Waals surface area contributed by atoms with Crippen LogP contribution in [0.5, 0.6) is 5.75 Å². The first-order valence-electron chi connectivity index (χ1n) is 10.2. The van der Waals surface area contributed by atoms with E-state index in [2.05, 4.69) is 6.92 Å². The third-order valence-corrected chi connectivity index (χ3v) is 5.16. The average Bonchev–Trinajstić information content (AvgIpc) is 2.70. The van der Waals surface area contributed by atoms with Crippen molar-refractivity contribution in [2.45, 2.75) is 58.3 Å². The van der Waals surface area contributed by atoms with Gasteiger partial charge in [-0.3, -0.25) is 9.59 Å². The maximum atomic E-state index is 12.7. The lowest BCUT2D eigenvalue weighted by Crippen LogP contribution is -2.20. The third-order valence-electron chi connectivity index (χ3n) is 5.16. The van der Waals surface area contributed by atoms with Gasteiger partial charge in [-0.25, -0.2) is 0 Å². The summed E-state index contributed by atoms with van der Waals surface area (Å²) in [6.45, 7) is 2.88. The minimum atomic E-state index is -0.0993. The summed E-state index contributed by atoms with van der Waals surface area (Å²) < 4.78 is 5.83. The second-order valence-electron chi connectivity index (χ2n) is 7.23. The van der Waals surface area contributed by atoms with Crippen LogP contribution in [-0.4, -0.2) is 18.2 Å². The molecule has 0 saturated heterocycles. The number of benzene rings is 2. The van der Waals surface area contributed by atoms with Crippen molar-refractivity contribution in [2.24, 2.45) is 0 Å². The van der Waals surface area contributed by atoms with E-state index in [0.29, 0.717) is 34.6 Å². The van der Waals surface area contributed by atoms with Crippen LogP contribution in [0.25, 0.3) is 0 Å². The predicted octanol–water partition coefficient (Wildman–Crippen LogP) is 5.98. The fourth-order valence-corrected chi connectivity index (χ4v) is 3.59. The van der Waals surface area contributed by atoms with E-state index in [4.69, 9.17) is 4.74 Å². The number of rotatable bonds is 10. The van der Waals surface area contributed by atoms with Crippen LogP contribution in [0.3, 0.4) is 0 Å². The first-order valence-corrected chi connectivity index (χ1v) is 10.2. The van der Waals surface area contributed by atoms with E-state index in [1.54, 1.807) is 42.5 Å². The van der Waals surface area contributed by atoms with Crippen LogP contribution in [0.4, 0.5) is 0 Å². The molecule has 0 saturated carbocycles. The summed E-state index contributed by atoms with van der Waals surface area (Å²) in [4.78, 5) is 25.3. The van der Waals surface area contributed by atoms with Crippen LogP contribution in [0.2, 0.25) is 0 Å². The van der Waals surface area contributed by atoms with Crippen molar-refractivity contribution in [3.8, 4) is 5.75 Å². The lowest BCUT2D eigenvalue weighted by molar-refractivity contribution is 0.0978. The molecule has 0 spiro atoms. The molecule has 2 aromatic rings. The average molecular weight is 364 g/mol. The minimum Gasteiger partial charge on any atom is -0.494 e. The Bertz CT molecular complexity index is 807. The molecule has 2 aromatic carbocycles. The molecule has 0 heterocycles. The normalized spacial score (nSPS) is 12.6. The van der Waals surface area contributed by atoms with E-state index in [-0.39, 0.29) is 11.6 Å². The van der Waals surface area contributed by atoms with Crippen molar-refractivity contribution < 1.29 is 14.3 Å². The Hall–Kier alpha value is -2.42. The highest BCUT2D eigenvalue weighted by Gasteiger charge is 2.29. The van der Waals surface area contributed by atoms with Gasteiger partial charge in [0.1, 0.15) is 5.75 Å². The number of fused-ring (bicyclic) bond motifs is 2. The zero-order chi connectivity index (χ0) is 19.1. The van der Waals surface area contributed by atoms with Crippen LogP contribution >= 0.6 is 0 Å². The van der Waals surface area contributed by atoms with Crippen molar-refractivity contribution in [1.82, 2.24) is 0 Å². The predicted molar refractivity (Wildman–Crippen MR) is 108 cm³/mol. The Labute approximate surface area is 161 Å². The van der Waals surface area contributed by atoms with Crippen LogP contribution in [0.15, 0.2) is 42.5 Å². The Balaban J connectivity index is 1.51. The maximum absolute atomic E-state index is 12.7. The molecule has 3 nitrogen and oxygen atoms in total. The molecule has 0 atom stereocenters. The third kappa shape index (κ3) is 4.65. The molecule has 0 unspecified atom stereocenters. The van der Waals surface area contributed by atoms with Gasteiger partial charge in [-0.05, 0) is 24.6 Å². The molecule has 0 aliphatic heterocycles. The molecule has 3 heteroatoms. The number of carbonyl (C=O) groups excluding carboxylic acids is 2. The zero-order valence-electron chi connectivity index (χ0n) is 16.1. The Morgan fingerprint density at radius 2 is 1.22 bits per heavy atom. The number of ether oxygens (including phenoxy) is 1. The summed E-state index contributed by atoms with van der Waals surface area (Å²) in [6, 6.07) is 12.2. The smallest absolute Gasteiger partial charge is 0.194 e. The van der Waals surface area contributed by atoms with Crippen molar-refractivity contribution >= 4 is 11.6 Å². The van der Waals surface area contributed by atoms with Gasteiger partial charge in [-0.2, -0.15) is 0 Å². The zero-order valence-corrected chi connectivity index (χ0v) is 16.1. The highest BCUT2D eigenvalue weighted by Crippen LogP contribution is 2.29. The molecule has 0 N–H and O–H groups in total. The van der Waals surface area contributed by atoms with Gasteiger partial charge in [0.05, 0.1) is 6.61 Å². The van der Waals surface area contributed by atoms with Crippen LogP contribution in [0, 0.1) is 0 Å². The summed E-state index contributed by atoms with van der Waals surface area (Å²) in [5.74, 6) is 0.477. The molecular formula is C24H28O3. The summed E-state index contributed by atoms with van der Waals surface area (Å²) >= 11 is 0. The van der Waals surface area contributed by atoms with Gasteiger partial charge < -0.3 is 4.74 Å². The molecule has 1 aliphatic rings. The SMILES string of the molecule is CCCCCCCCCCOc1ccc2c(c1)C(=O)c1ccccc1C2=O. The van der Waals surface area contributed by atoms with Crippen LogP contribution in [0.1, 0.15) is 90.1 Å². The van der Waals surface area contributed by atoms with Crippen LogP contribution in [-0.2, 0) is 0 Å². The van der Waals surface area contributed by atoms with Gasteiger partial charge in [0.25, 0.3) is 0 Å². The van der Waals surface area contributed by atoms with Gasteiger partial charge in [0, 0.05) is 22.3 Å². The van der Waals surface area contributed by atoms with Crippen molar-refractivity contribution in [2.75, 3.05) is 6.61 Å². The largest absolute Gasteiger partial charge is 0.494 e. The molecule has 3 rings (SSSR count). The summed E-state index contributed by atoms with van der Waals surface area (Å²) in [6.07, 6.45) is 10.0. The highest BCUT2D eigenvalue weighted by molar-refractivity contribution is 6.28. The number of unbranched alkanes of at least 4 members (excludes halogenated alkanes) is 7. The summed E-state index contributed by atoms with van der Waals surface area (Å²) in [7, 11) is 0. The van der Waals surface area contributed by atoms with E-state index < -0.39 is 0 Å². The lowest BCUT2D eigenvalue weighted by Gasteiger charge is -2.18. The van der Waals surface area contributed by atoms with Crippen LogP contribution < -0.4 is 4.74 Å². The first kappa shape index (κ1) is 19.3. The first-order chi connectivity index (χ1) is 13.2. The molecule has 0 bridgehead atoms. The van der Waals surface area contributed by atoms with E-state index in [0.717, 1.165) is 6.42 Å². The van der Waals surface area contributed by atoms with Crippen molar-refractivity contribution in [3.63, 3.8) is 0 Å². The van der Waals surface area contributed by atoms with Crippen molar-refractivity contribution in [3.05, 3.63) is 64.7 Å². The Morgan fingerprint density at radius 3 is 1.89 bits per heavy atom. The van der Waals surface area contributed by atoms with E-state index in [1.807, 2.05) is 0 Å². The lowest BCUT2D eigenvalue weighted by atomic mass is 9.84. The van der Waals surface area contributed by atoms with E-state index >= 15 is 0 Å². The van der Waals surface area contributed by atoms with Gasteiger partial charge in [0.15, 0.2) is 11.6 Å². The molecule has 0 aromatic heterocycles. The fraction of sp³-hybridized carbons (Fsp3) is 0.417. The maximum Gasteiger partial charge on any atom is 0.194 e. The van der Waals surface area contributed by atoms with Gasteiger partial charge in [0.2, 0.25) is 0 Å². The molecule has 1 aliphatic carbocycles. The molecular weight excluding hydrogens is 336 g/mol. The summed E-state index contributed by atoms with van der Waals surface area (Å²) in [5.41, 5.74) is 1.89. The standard InChI is InChI=1S/C24H28O3/c1-2-3-4-5-6-7-8-11-16-27-18-14-15-21-22(17-18)24(26)20-13-10-9-12-19(20)23(21)25/h9-10,12-15,17H,2-8,11,16H2,1H3. The molecule has 0 amide bonds. The number of hydrogen-bond donors (Lipinski definition) is 0. The monoisotopic (exact) mass is 364 g/mol. The number of carbonyl (C=O) groups is 2. The number of ketones is 2. The van der Waals surface area contributed by atoms with E-state index in [1.165, 1.54) is 44.9 Å². The quantitative estimate of drug-likeness (QED) is 0.416. The van der Waals surface area contributed by atoms with Gasteiger partial charge in [-0.1, -0.05) is 76.1 Å². The van der Waals surface area contributed by atoms with Gasteiger partial charge in [-0.15, -0.1) is 0 Å². The van der Waals surface area contributed by atoms with E-state index in [9.17, 15) is 9.59 Å². The summed E-state index contributed by atoms with van der Waals surface area (Å²) in [5, 5.41) is 0. The Morgan fingerprint density at radius 1 is 0.667 bits per heavy atom.